The molecule has 0 bridgehead atoms. The molecule has 0 radical (unpaired) electrons. The predicted octanol–water partition coefficient (Wildman–Crippen LogP) is 3.42. The third-order valence-electron chi connectivity index (χ3n) is 2.75. The highest BCUT2D eigenvalue weighted by atomic mass is 16.6. The Morgan fingerprint density at radius 1 is 1.29 bits per heavy atom. The number of phenolic OH excluding ortho intramolecular Hbond substituents is 1. The SMILES string of the molecule is CC(CCN(C)C(=O)OC(C)(C)C)Oc1ccc(O)cc1. The quantitative estimate of drug-likeness (QED) is 0.904. The van der Waals surface area contributed by atoms with Crippen LogP contribution >= 0.6 is 0 Å². The minimum Gasteiger partial charge on any atom is -0.508 e. The number of hydrogen-bond donors (Lipinski definition) is 1. The van der Waals surface area contributed by atoms with Crippen molar-refractivity contribution in [2.75, 3.05) is 13.6 Å². The average molecular weight is 295 g/mol. The molecular weight excluding hydrogens is 270 g/mol. The molecule has 0 aliphatic heterocycles. The molecule has 0 aliphatic carbocycles. The molecule has 21 heavy (non-hydrogen) atoms. The zero-order valence-electron chi connectivity index (χ0n) is 13.4. The van der Waals surface area contributed by atoms with Crippen LogP contribution < -0.4 is 4.74 Å². The van der Waals surface area contributed by atoms with E-state index in [2.05, 4.69) is 0 Å². The van der Waals surface area contributed by atoms with Crippen molar-refractivity contribution in [1.82, 2.24) is 4.90 Å². The van der Waals surface area contributed by atoms with Gasteiger partial charge in [0.1, 0.15) is 17.1 Å². The molecule has 0 fully saturated rings. The molecule has 1 rings (SSSR count). The molecule has 1 aromatic carbocycles. The molecule has 0 saturated heterocycles. The van der Waals surface area contributed by atoms with E-state index in [0.717, 1.165) is 0 Å². The van der Waals surface area contributed by atoms with Gasteiger partial charge in [-0.2, -0.15) is 0 Å². The zero-order chi connectivity index (χ0) is 16.0. The number of rotatable bonds is 5. The van der Waals surface area contributed by atoms with Gasteiger partial charge in [-0.25, -0.2) is 4.79 Å². The Labute approximate surface area is 126 Å². The Morgan fingerprint density at radius 3 is 2.38 bits per heavy atom. The van der Waals surface area contributed by atoms with Gasteiger partial charge in [-0.15, -0.1) is 0 Å². The first-order valence-corrected chi connectivity index (χ1v) is 7.07. The highest BCUT2D eigenvalue weighted by Crippen LogP contribution is 2.18. The Morgan fingerprint density at radius 2 is 1.86 bits per heavy atom. The number of carbonyl (C=O) groups excluding carboxylic acids is 1. The summed E-state index contributed by atoms with van der Waals surface area (Å²) in [6.07, 6.45) is 0.315. The Kier molecular flexibility index (Phi) is 5.88. The summed E-state index contributed by atoms with van der Waals surface area (Å²) in [5.41, 5.74) is -0.487. The van der Waals surface area contributed by atoms with E-state index >= 15 is 0 Å². The first-order valence-electron chi connectivity index (χ1n) is 7.07. The van der Waals surface area contributed by atoms with Crippen LogP contribution in [0.25, 0.3) is 0 Å². The Bertz CT molecular complexity index is 450. The fourth-order valence-corrected chi connectivity index (χ4v) is 1.62. The van der Waals surface area contributed by atoms with Crippen molar-refractivity contribution in [3.63, 3.8) is 0 Å². The number of hydrogen-bond acceptors (Lipinski definition) is 4. The summed E-state index contributed by atoms with van der Waals surface area (Å²) in [6, 6.07) is 6.58. The monoisotopic (exact) mass is 295 g/mol. The standard InChI is InChI=1S/C16H25NO4/c1-12(20-14-8-6-13(18)7-9-14)10-11-17(5)15(19)21-16(2,3)4/h6-9,12,18H,10-11H2,1-5H3. The molecule has 0 spiro atoms. The number of ether oxygens (including phenoxy) is 2. The molecular formula is C16H25NO4. The van der Waals surface area contributed by atoms with Crippen LogP contribution in [-0.4, -0.2) is 41.4 Å². The highest BCUT2D eigenvalue weighted by molar-refractivity contribution is 5.67. The molecule has 5 heteroatoms. The predicted molar refractivity (Wildman–Crippen MR) is 81.7 cm³/mol. The van der Waals surface area contributed by atoms with E-state index in [9.17, 15) is 9.90 Å². The van der Waals surface area contributed by atoms with Gasteiger partial charge < -0.3 is 19.5 Å². The number of amides is 1. The number of phenols is 1. The Hall–Kier alpha value is -1.91. The van der Waals surface area contributed by atoms with Crippen molar-refractivity contribution in [3.8, 4) is 11.5 Å². The number of carbonyl (C=O) groups is 1. The molecule has 0 aliphatic rings. The molecule has 1 N–H and O–H groups in total. The highest BCUT2D eigenvalue weighted by Gasteiger charge is 2.19. The maximum atomic E-state index is 11.8. The third-order valence-corrected chi connectivity index (χ3v) is 2.75. The van der Waals surface area contributed by atoms with Crippen LogP contribution in [0.4, 0.5) is 4.79 Å². The first-order chi connectivity index (χ1) is 9.67. The fourth-order valence-electron chi connectivity index (χ4n) is 1.62. The van der Waals surface area contributed by atoms with Crippen LogP contribution in [0.2, 0.25) is 0 Å². The van der Waals surface area contributed by atoms with Gasteiger partial charge in [-0.05, 0) is 52.0 Å². The van der Waals surface area contributed by atoms with Gasteiger partial charge in [0.25, 0.3) is 0 Å². The fraction of sp³-hybridized carbons (Fsp3) is 0.562. The molecule has 0 heterocycles. The maximum Gasteiger partial charge on any atom is 0.410 e. The van der Waals surface area contributed by atoms with Gasteiger partial charge >= 0.3 is 6.09 Å². The minimum absolute atomic E-state index is 0.0422. The summed E-state index contributed by atoms with van der Waals surface area (Å²) in [4.78, 5) is 13.3. The lowest BCUT2D eigenvalue weighted by molar-refractivity contribution is 0.0282. The van der Waals surface area contributed by atoms with Crippen molar-refractivity contribution in [1.29, 1.82) is 0 Å². The van der Waals surface area contributed by atoms with Gasteiger partial charge in [0.15, 0.2) is 0 Å². The van der Waals surface area contributed by atoms with E-state index in [4.69, 9.17) is 9.47 Å². The second-order valence-electron chi connectivity index (χ2n) is 6.11. The number of aromatic hydroxyl groups is 1. The molecule has 1 aromatic rings. The van der Waals surface area contributed by atoms with Crippen molar-refractivity contribution in [2.24, 2.45) is 0 Å². The van der Waals surface area contributed by atoms with E-state index in [-0.39, 0.29) is 17.9 Å². The van der Waals surface area contributed by atoms with E-state index in [1.807, 2.05) is 27.7 Å². The van der Waals surface area contributed by atoms with Gasteiger partial charge in [0, 0.05) is 20.0 Å². The van der Waals surface area contributed by atoms with Crippen LogP contribution in [-0.2, 0) is 4.74 Å². The summed E-state index contributed by atoms with van der Waals surface area (Å²) in [6.45, 7) is 8.02. The van der Waals surface area contributed by atoms with Crippen LogP contribution in [0.1, 0.15) is 34.1 Å². The van der Waals surface area contributed by atoms with Crippen LogP contribution in [0.15, 0.2) is 24.3 Å². The molecule has 1 amide bonds. The third kappa shape index (κ3) is 6.88. The molecule has 1 atom stereocenters. The van der Waals surface area contributed by atoms with Crippen molar-refractivity contribution >= 4 is 6.09 Å². The normalized spacial score (nSPS) is 12.6. The lowest BCUT2D eigenvalue weighted by Crippen LogP contribution is -2.35. The average Bonchev–Trinajstić information content (AvgIpc) is 2.36. The second-order valence-corrected chi connectivity index (χ2v) is 6.11. The van der Waals surface area contributed by atoms with E-state index in [1.165, 1.54) is 0 Å². The van der Waals surface area contributed by atoms with Crippen LogP contribution in [0.5, 0.6) is 11.5 Å². The Balaban J connectivity index is 2.36. The number of benzene rings is 1. The first kappa shape index (κ1) is 17.1. The van der Waals surface area contributed by atoms with Crippen LogP contribution in [0, 0.1) is 0 Å². The summed E-state index contributed by atoms with van der Waals surface area (Å²) >= 11 is 0. The van der Waals surface area contributed by atoms with Gasteiger partial charge in [0.05, 0.1) is 6.10 Å². The topological polar surface area (TPSA) is 59.0 Å². The van der Waals surface area contributed by atoms with Crippen molar-refractivity contribution in [3.05, 3.63) is 24.3 Å². The van der Waals surface area contributed by atoms with Crippen molar-refractivity contribution < 1.29 is 19.4 Å². The molecule has 118 valence electrons. The summed E-state index contributed by atoms with van der Waals surface area (Å²) in [7, 11) is 1.71. The lowest BCUT2D eigenvalue weighted by Gasteiger charge is -2.25. The lowest BCUT2D eigenvalue weighted by atomic mass is 10.2. The minimum atomic E-state index is -0.487. The summed E-state index contributed by atoms with van der Waals surface area (Å²) < 4.78 is 11.0. The molecule has 0 saturated carbocycles. The summed E-state index contributed by atoms with van der Waals surface area (Å²) in [5.74, 6) is 0.903. The van der Waals surface area contributed by atoms with E-state index in [1.54, 1.807) is 36.2 Å². The van der Waals surface area contributed by atoms with Crippen molar-refractivity contribution in [2.45, 2.75) is 45.8 Å². The van der Waals surface area contributed by atoms with Crippen LogP contribution in [0.3, 0.4) is 0 Å². The number of nitrogens with zero attached hydrogens (tertiary/aromatic N) is 1. The molecule has 0 aromatic heterocycles. The van der Waals surface area contributed by atoms with Gasteiger partial charge in [0.2, 0.25) is 0 Å². The smallest absolute Gasteiger partial charge is 0.410 e. The summed E-state index contributed by atoms with van der Waals surface area (Å²) in [5, 5.41) is 9.21. The van der Waals surface area contributed by atoms with Gasteiger partial charge in [-0.3, -0.25) is 0 Å². The molecule has 5 nitrogen and oxygen atoms in total. The second kappa shape index (κ2) is 7.20. The largest absolute Gasteiger partial charge is 0.508 e. The van der Waals surface area contributed by atoms with E-state index < -0.39 is 5.60 Å². The zero-order valence-corrected chi connectivity index (χ0v) is 13.4. The maximum absolute atomic E-state index is 11.8. The van der Waals surface area contributed by atoms with E-state index in [0.29, 0.717) is 18.7 Å². The molecule has 1 unspecified atom stereocenters. The van der Waals surface area contributed by atoms with Gasteiger partial charge in [-0.1, -0.05) is 0 Å².